The summed E-state index contributed by atoms with van der Waals surface area (Å²) in [4.78, 5) is 14.0. The van der Waals surface area contributed by atoms with E-state index in [2.05, 4.69) is 26.1 Å². The fraction of sp³-hybridized carbons (Fsp3) is 0.455. The van der Waals surface area contributed by atoms with Crippen LogP contribution in [0.15, 0.2) is 6.07 Å². The Morgan fingerprint density at radius 2 is 1.95 bits per heavy atom. The average molecular weight is 311 g/mol. The number of carboxylic acids is 1. The number of halogens is 2. The molecule has 1 aromatic rings. The predicted octanol–water partition coefficient (Wildman–Crippen LogP) is 1.35. The summed E-state index contributed by atoms with van der Waals surface area (Å²) < 4.78 is 0.844. The molecule has 1 rings (SSSR count). The van der Waals surface area contributed by atoms with Gasteiger partial charge in [0.25, 0.3) is 0 Å². The van der Waals surface area contributed by atoms with Crippen LogP contribution in [0.5, 0.6) is 0 Å². The van der Waals surface area contributed by atoms with Gasteiger partial charge in [-0.2, -0.15) is 0 Å². The molecule has 0 saturated heterocycles. The quantitative estimate of drug-likeness (QED) is 0.578. The molecule has 0 aliphatic heterocycles. The topological polar surface area (TPSA) is 96.4 Å². The van der Waals surface area contributed by atoms with Gasteiger partial charge in [0, 0.05) is 0 Å². The van der Waals surface area contributed by atoms with E-state index in [9.17, 15) is 4.79 Å². The minimum absolute atomic E-state index is 0.00861. The molecule has 4 N–H and O–H groups in total. The zero-order valence-electron chi connectivity index (χ0n) is 11.0. The van der Waals surface area contributed by atoms with Gasteiger partial charge < -0.3 is 20.4 Å². The third kappa shape index (κ3) is 7.17. The van der Waals surface area contributed by atoms with Crippen LogP contribution >= 0.6 is 23.2 Å². The summed E-state index contributed by atoms with van der Waals surface area (Å²) in [6, 6.07) is 1.29. The number of carbonyl (C=O) groups is 1. The maximum Gasteiger partial charge on any atom is 0.356 e. The number of carboxylic acid groups (broad SMARTS) is 1. The lowest BCUT2D eigenvalue weighted by Crippen LogP contribution is -2.36. The molecule has 0 radical (unpaired) electrons. The molecule has 6 nitrogen and oxygen atoms in total. The van der Waals surface area contributed by atoms with Crippen molar-refractivity contribution in [2.75, 3.05) is 40.0 Å². The van der Waals surface area contributed by atoms with Crippen molar-refractivity contribution in [1.82, 2.24) is 4.98 Å². The molecular weight excluding hydrogens is 293 g/mol. The summed E-state index contributed by atoms with van der Waals surface area (Å²) in [6.45, 7) is 1.11. The van der Waals surface area contributed by atoms with Gasteiger partial charge in [-0.1, -0.05) is 23.2 Å². The molecule has 0 fully saturated rings. The smallest absolute Gasteiger partial charge is 0.356 e. The molecule has 0 spiro atoms. The van der Waals surface area contributed by atoms with Crippen molar-refractivity contribution in [3.63, 3.8) is 0 Å². The number of pyridine rings is 1. The van der Waals surface area contributed by atoms with Crippen LogP contribution in [0.1, 0.15) is 10.5 Å². The van der Waals surface area contributed by atoms with Crippen LogP contribution in [0.2, 0.25) is 10.2 Å². The van der Waals surface area contributed by atoms with Crippen molar-refractivity contribution in [1.29, 1.82) is 0 Å². The zero-order chi connectivity index (χ0) is 15.2. The Hall–Kier alpha value is -1.08. The van der Waals surface area contributed by atoms with Crippen molar-refractivity contribution in [2.45, 2.75) is 0 Å². The van der Waals surface area contributed by atoms with Gasteiger partial charge in [-0.15, -0.1) is 0 Å². The monoisotopic (exact) mass is 310 g/mol. The zero-order valence-corrected chi connectivity index (χ0v) is 12.5. The Balaban J connectivity index is 0.000000399. The first-order valence-corrected chi connectivity index (χ1v) is 6.10. The van der Waals surface area contributed by atoms with Crippen molar-refractivity contribution in [3.05, 3.63) is 21.9 Å². The molecular formula is C11H18Cl2N3O3+. The summed E-state index contributed by atoms with van der Waals surface area (Å²) in [6.07, 6.45) is 0. The lowest BCUT2D eigenvalue weighted by atomic mass is 10.3. The number of nitrogens with zero attached hydrogens (tertiary/aromatic N) is 2. The summed E-state index contributed by atoms with van der Waals surface area (Å²) in [5, 5.41) is 16.9. The van der Waals surface area contributed by atoms with Crippen molar-refractivity contribution in [2.24, 2.45) is 0 Å². The molecule has 8 heteroatoms. The van der Waals surface area contributed by atoms with E-state index in [0.717, 1.165) is 11.0 Å². The maximum atomic E-state index is 10.5. The number of hydrogen-bond donors (Lipinski definition) is 3. The van der Waals surface area contributed by atoms with Crippen LogP contribution in [-0.4, -0.2) is 59.9 Å². The second-order valence-electron chi connectivity index (χ2n) is 4.74. The number of nitrogens with two attached hydrogens (primary N) is 1. The highest BCUT2D eigenvalue weighted by molar-refractivity contribution is 6.36. The van der Waals surface area contributed by atoms with Gasteiger partial charge >= 0.3 is 5.97 Å². The van der Waals surface area contributed by atoms with Gasteiger partial charge in [-0.25, -0.2) is 9.78 Å². The minimum Gasteiger partial charge on any atom is -0.476 e. The number of aliphatic hydroxyl groups excluding tert-OH is 1. The molecule has 1 aromatic heterocycles. The number of anilines is 1. The van der Waals surface area contributed by atoms with Crippen LogP contribution in [0.4, 0.5) is 5.69 Å². The van der Waals surface area contributed by atoms with E-state index in [0.29, 0.717) is 0 Å². The fourth-order valence-electron chi connectivity index (χ4n) is 0.958. The number of hydrogen-bond acceptors (Lipinski definition) is 4. The lowest BCUT2D eigenvalue weighted by Gasteiger charge is -2.21. The van der Waals surface area contributed by atoms with Crippen LogP contribution in [-0.2, 0) is 0 Å². The number of nitrogen functional groups attached to an aromatic ring is 1. The van der Waals surface area contributed by atoms with Crippen LogP contribution < -0.4 is 5.73 Å². The van der Waals surface area contributed by atoms with Crippen molar-refractivity contribution in [3.8, 4) is 0 Å². The largest absolute Gasteiger partial charge is 0.476 e. The summed E-state index contributed by atoms with van der Waals surface area (Å²) in [5.74, 6) is -1.26. The number of likely N-dealkylation sites (N-methyl/N-ethyl adjacent to an activating group) is 1. The SMILES string of the molecule is C[N+](C)(C)CCO.Nc1cc(Cl)nc(C(=O)O)c1Cl. The summed E-state index contributed by atoms with van der Waals surface area (Å²) in [5.41, 5.74) is 5.11. The molecule has 0 amide bonds. The number of aromatic carboxylic acids is 1. The molecule has 19 heavy (non-hydrogen) atoms. The molecule has 0 unspecified atom stereocenters. The second-order valence-corrected chi connectivity index (χ2v) is 5.50. The first kappa shape index (κ1) is 17.9. The Morgan fingerprint density at radius 3 is 2.26 bits per heavy atom. The van der Waals surface area contributed by atoms with Crippen molar-refractivity contribution < 1.29 is 19.5 Å². The summed E-state index contributed by atoms with van der Waals surface area (Å²) >= 11 is 11.0. The normalized spacial score (nSPS) is 10.6. The van der Waals surface area contributed by atoms with E-state index in [1.54, 1.807) is 0 Å². The highest BCUT2D eigenvalue weighted by atomic mass is 35.5. The molecule has 0 aromatic carbocycles. The Kier molecular flexibility index (Phi) is 7.07. The van der Waals surface area contributed by atoms with Gasteiger partial charge in [-0.05, 0) is 6.07 Å². The fourth-order valence-corrected chi connectivity index (χ4v) is 1.34. The van der Waals surface area contributed by atoms with Crippen LogP contribution in [0, 0.1) is 0 Å². The molecule has 0 saturated carbocycles. The maximum absolute atomic E-state index is 10.5. The molecule has 108 valence electrons. The van der Waals surface area contributed by atoms with E-state index in [1.165, 1.54) is 6.07 Å². The van der Waals surface area contributed by atoms with E-state index < -0.39 is 5.97 Å². The lowest BCUT2D eigenvalue weighted by molar-refractivity contribution is -0.870. The van der Waals surface area contributed by atoms with Gasteiger partial charge in [0.15, 0.2) is 5.69 Å². The number of quaternary nitrogens is 1. The van der Waals surface area contributed by atoms with Crippen LogP contribution in [0.3, 0.4) is 0 Å². The highest BCUT2D eigenvalue weighted by Crippen LogP contribution is 2.24. The molecule has 1 heterocycles. The molecule has 0 aliphatic rings. The van der Waals surface area contributed by atoms with Gasteiger partial charge in [0.1, 0.15) is 11.7 Å². The first-order chi connectivity index (χ1) is 8.58. The standard InChI is InChI=1S/C6H4Cl2N2O2.C5H14NO/c7-3-1-2(9)4(8)5(10-3)6(11)12;1-6(2,3)4-5-7/h1H,(H2,9,10)(H,11,12);7H,4-5H2,1-3H3/q;+1. The van der Waals surface area contributed by atoms with Gasteiger partial charge in [-0.3, -0.25) is 0 Å². The highest BCUT2D eigenvalue weighted by Gasteiger charge is 2.14. The minimum atomic E-state index is -1.26. The third-order valence-electron chi connectivity index (χ3n) is 1.93. The van der Waals surface area contributed by atoms with Crippen molar-refractivity contribution >= 4 is 34.9 Å². The van der Waals surface area contributed by atoms with E-state index in [1.807, 2.05) is 0 Å². The Bertz CT molecular complexity index is 448. The third-order valence-corrected chi connectivity index (χ3v) is 2.52. The Labute approximate surface area is 122 Å². The Morgan fingerprint density at radius 1 is 1.42 bits per heavy atom. The number of aromatic nitrogens is 1. The van der Waals surface area contributed by atoms with E-state index >= 15 is 0 Å². The molecule has 0 atom stereocenters. The average Bonchev–Trinajstić information content (AvgIpc) is 2.22. The van der Waals surface area contributed by atoms with Gasteiger partial charge in [0.05, 0.1) is 38.5 Å². The number of rotatable bonds is 3. The second kappa shape index (κ2) is 7.49. The van der Waals surface area contributed by atoms with Crippen LogP contribution in [0.25, 0.3) is 0 Å². The molecule has 0 bridgehead atoms. The molecule has 0 aliphatic carbocycles. The van der Waals surface area contributed by atoms with E-state index in [-0.39, 0.29) is 28.2 Å². The number of aliphatic hydroxyl groups is 1. The summed E-state index contributed by atoms with van der Waals surface area (Å²) in [7, 11) is 6.16. The van der Waals surface area contributed by atoms with Gasteiger partial charge in [0.2, 0.25) is 0 Å². The first-order valence-electron chi connectivity index (χ1n) is 5.34. The van der Waals surface area contributed by atoms with E-state index in [4.69, 9.17) is 39.1 Å². The predicted molar refractivity (Wildman–Crippen MR) is 75.6 cm³/mol.